The van der Waals surface area contributed by atoms with E-state index < -0.39 is 11.1 Å². The van der Waals surface area contributed by atoms with Crippen molar-refractivity contribution in [1.29, 1.82) is 0 Å². The molecule has 0 aliphatic carbocycles. The Morgan fingerprint density at radius 2 is 1.00 bits per heavy atom. The molecule has 2 heterocycles. The molecule has 0 amide bonds. The van der Waals surface area contributed by atoms with Crippen LogP contribution in [0.25, 0.3) is 0 Å². The Morgan fingerprint density at radius 1 is 0.657 bits per heavy atom. The number of nitrogens with one attached hydrogen (secondary N) is 1. The van der Waals surface area contributed by atoms with Gasteiger partial charge in [-0.05, 0) is 68.2 Å². The molecule has 203 valence electrons. The van der Waals surface area contributed by atoms with E-state index in [1.807, 2.05) is 27.7 Å². The molecule has 35 heavy (non-hydrogen) atoms. The quantitative estimate of drug-likeness (QED) is 0.285. The number of carbonyl (C=O) groups is 2. The van der Waals surface area contributed by atoms with Crippen LogP contribution in [0.1, 0.15) is 132 Å². The van der Waals surface area contributed by atoms with Crippen molar-refractivity contribution in [3.05, 3.63) is 0 Å². The van der Waals surface area contributed by atoms with E-state index in [1.54, 1.807) is 0 Å². The summed E-state index contributed by atoms with van der Waals surface area (Å²) in [6.45, 7) is 16.3. The summed E-state index contributed by atoms with van der Waals surface area (Å²) in [7, 11) is 0. The maximum absolute atomic E-state index is 12.4. The summed E-state index contributed by atoms with van der Waals surface area (Å²) in [5.41, 5.74) is -1.11. The molecular weight excluding hydrogens is 444 g/mol. The fourth-order valence-electron chi connectivity index (χ4n) is 6.30. The predicted molar refractivity (Wildman–Crippen MR) is 137 cm³/mol. The van der Waals surface area contributed by atoms with E-state index in [-0.39, 0.29) is 35.2 Å². The van der Waals surface area contributed by atoms with Gasteiger partial charge in [0.25, 0.3) is 0 Å². The third-order valence-electron chi connectivity index (χ3n) is 7.31. The highest BCUT2D eigenvalue weighted by Gasteiger charge is 2.47. The van der Waals surface area contributed by atoms with Crippen LogP contribution in [0.2, 0.25) is 0 Å². The lowest BCUT2D eigenvalue weighted by molar-refractivity contribution is -0.299. The second kappa shape index (κ2) is 11.9. The number of rotatable bonds is 11. The fraction of sp³-hybridized carbons (Fsp3) is 0.929. The minimum absolute atomic E-state index is 0.0153. The summed E-state index contributed by atoms with van der Waals surface area (Å²) in [5, 5.41) is 17.2. The summed E-state index contributed by atoms with van der Waals surface area (Å²) in [6.07, 6.45) is 9.28. The van der Waals surface area contributed by atoms with Gasteiger partial charge in [0.15, 0.2) is 0 Å². The third-order valence-corrected chi connectivity index (χ3v) is 7.31. The molecule has 7 heteroatoms. The van der Waals surface area contributed by atoms with Gasteiger partial charge >= 0.3 is 11.9 Å². The first-order valence-electron chi connectivity index (χ1n) is 13.7. The first-order chi connectivity index (χ1) is 16.0. The fourth-order valence-corrected chi connectivity index (χ4v) is 6.30. The van der Waals surface area contributed by atoms with Crippen LogP contribution >= 0.6 is 0 Å². The van der Waals surface area contributed by atoms with Crippen molar-refractivity contribution in [3.8, 4) is 0 Å². The van der Waals surface area contributed by atoms with Gasteiger partial charge in [-0.3, -0.25) is 9.59 Å². The molecule has 1 radical (unpaired) electrons. The number of unbranched alkanes of at least 4 members (excludes halogenated alkanes) is 5. The van der Waals surface area contributed by atoms with Gasteiger partial charge in [-0.1, -0.05) is 25.7 Å². The van der Waals surface area contributed by atoms with Crippen molar-refractivity contribution in [2.24, 2.45) is 0 Å². The lowest BCUT2D eigenvalue weighted by atomic mass is 9.80. The Morgan fingerprint density at radius 3 is 1.40 bits per heavy atom. The topological polar surface area (TPSA) is 87.8 Å². The summed E-state index contributed by atoms with van der Waals surface area (Å²) < 4.78 is 11.5. The first-order valence-corrected chi connectivity index (χ1v) is 13.7. The van der Waals surface area contributed by atoms with E-state index in [4.69, 9.17) is 9.47 Å². The van der Waals surface area contributed by atoms with Gasteiger partial charge in [0.2, 0.25) is 0 Å². The Bertz CT molecular complexity index is 682. The van der Waals surface area contributed by atoms with Gasteiger partial charge in [-0.15, -0.1) is 10.3 Å². The Balaban J connectivity index is 1.53. The number of hydrogen-bond donors (Lipinski definition) is 1. The number of ether oxygens (including phenoxy) is 2. The highest BCUT2D eigenvalue weighted by Crippen LogP contribution is 2.38. The molecule has 1 N–H and O–H groups in total. The summed E-state index contributed by atoms with van der Waals surface area (Å²) in [6, 6.07) is 0. The van der Waals surface area contributed by atoms with E-state index in [2.05, 4.69) is 33.0 Å². The van der Waals surface area contributed by atoms with Gasteiger partial charge in [-0.2, -0.15) is 0 Å². The van der Waals surface area contributed by atoms with Gasteiger partial charge in [-0.25, -0.2) is 0 Å². The normalized spacial score (nSPS) is 24.1. The monoisotopic (exact) mass is 495 g/mol. The summed E-state index contributed by atoms with van der Waals surface area (Å²) in [5.74, 6) is -0.242. The van der Waals surface area contributed by atoms with Crippen LogP contribution in [0.5, 0.6) is 0 Å². The SMILES string of the molecule is CC1(C)CC(OC(=O)CCCCCCCCC(=O)OC2CC(C)(C)N([O])C(C)(C)C2)CC(C)(C)N1. The van der Waals surface area contributed by atoms with Crippen LogP contribution < -0.4 is 5.32 Å². The number of piperidine rings is 2. The zero-order chi connectivity index (χ0) is 26.5. The molecule has 7 nitrogen and oxygen atoms in total. The average molecular weight is 496 g/mol. The van der Waals surface area contributed by atoms with Crippen LogP contribution in [-0.4, -0.2) is 51.4 Å². The molecule has 0 aromatic carbocycles. The van der Waals surface area contributed by atoms with Gasteiger partial charge in [0, 0.05) is 60.7 Å². The molecule has 0 spiro atoms. The number of esters is 2. The number of hydroxylamine groups is 2. The molecule has 0 unspecified atom stereocenters. The minimum atomic E-state index is -0.528. The van der Waals surface area contributed by atoms with Gasteiger partial charge in [0.05, 0.1) is 0 Å². The Hall–Kier alpha value is -1.18. The van der Waals surface area contributed by atoms with E-state index in [9.17, 15) is 14.8 Å². The minimum Gasteiger partial charge on any atom is -0.462 e. The second-order valence-electron chi connectivity index (χ2n) is 13.5. The van der Waals surface area contributed by atoms with E-state index in [1.165, 1.54) is 0 Å². The molecular formula is C28H51N2O5. The van der Waals surface area contributed by atoms with Crippen molar-refractivity contribution in [3.63, 3.8) is 0 Å². The Kier molecular flexibility index (Phi) is 10.2. The molecule has 0 aromatic heterocycles. The first kappa shape index (κ1) is 30.0. The predicted octanol–water partition coefficient (Wildman–Crippen LogP) is 5.87. The van der Waals surface area contributed by atoms with Gasteiger partial charge < -0.3 is 14.8 Å². The Labute approximate surface area is 213 Å². The van der Waals surface area contributed by atoms with Crippen molar-refractivity contribution < 1.29 is 24.3 Å². The van der Waals surface area contributed by atoms with Crippen LogP contribution in [0, 0.1) is 0 Å². The van der Waals surface area contributed by atoms with Crippen molar-refractivity contribution in [1.82, 2.24) is 10.4 Å². The van der Waals surface area contributed by atoms with Crippen LogP contribution in [0.3, 0.4) is 0 Å². The van der Waals surface area contributed by atoms with Crippen LogP contribution in [0.4, 0.5) is 0 Å². The van der Waals surface area contributed by atoms with E-state index in [0.717, 1.165) is 56.4 Å². The second-order valence-corrected chi connectivity index (χ2v) is 13.5. The number of nitrogens with zero attached hydrogens (tertiary/aromatic N) is 1. The molecule has 0 atom stereocenters. The number of carbonyl (C=O) groups excluding carboxylic acids is 2. The highest BCUT2D eigenvalue weighted by molar-refractivity contribution is 5.69. The summed E-state index contributed by atoms with van der Waals surface area (Å²) >= 11 is 0. The molecule has 0 bridgehead atoms. The lowest BCUT2D eigenvalue weighted by Gasteiger charge is -2.49. The van der Waals surface area contributed by atoms with Crippen molar-refractivity contribution in [2.45, 2.75) is 167 Å². The average Bonchev–Trinajstić information content (AvgIpc) is 2.65. The lowest BCUT2D eigenvalue weighted by Crippen LogP contribution is -2.60. The smallest absolute Gasteiger partial charge is 0.306 e. The molecule has 0 aromatic rings. The molecule has 2 rings (SSSR count). The zero-order valence-corrected chi connectivity index (χ0v) is 23.6. The van der Waals surface area contributed by atoms with Gasteiger partial charge in [0.1, 0.15) is 12.2 Å². The zero-order valence-electron chi connectivity index (χ0n) is 23.6. The van der Waals surface area contributed by atoms with E-state index in [0.29, 0.717) is 25.7 Å². The number of hydrogen-bond acceptors (Lipinski definition) is 6. The molecule has 2 aliphatic heterocycles. The molecule has 2 aliphatic rings. The molecule has 0 saturated carbocycles. The maximum Gasteiger partial charge on any atom is 0.306 e. The molecule has 2 fully saturated rings. The van der Waals surface area contributed by atoms with Crippen molar-refractivity contribution in [2.75, 3.05) is 0 Å². The summed E-state index contributed by atoms with van der Waals surface area (Å²) in [4.78, 5) is 24.6. The van der Waals surface area contributed by atoms with Crippen LogP contribution in [0.15, 0.2) is 0 Å². The highest BCUT2D eigenvalue weighted by atomic mass is 16.6. The largest absolute Gasteiger partial charge is 0.462 e. The van der Waals surface area contributed by atoms with Crippen molar-refractivity contribution >= 4 is 11.9 Å². The molecule has 2 saturated heterocycles. The standard InChI is InChI=1S/C28H51N2O5/c1-25(2)17-21(18-26(3,4)29-25)34-23(31)15-13-11-9-10-12-14-16-24(32)35-22-19-27(5,6)30(33)28(7,8)20-22/h21-22,29H,9-20H2,1-8H3. The maximum atomic E-state index is 12.4. The third kappa shape index (κ3) is 10.0. The van der Waals surface area contributed by atoms with Crippen LogP contribution in [-0.2, 0) is 24.3 Å². The van der Waals surface area contributed by atoms with E-state index >= 15 is 0 Å².